The summed E-state index contributed by atoms with van der Waals surface area (Å²) in [6.45, 7) is 2.25. The summed E-state index contributed by atoms with van der Waals surface area (Å²) in [6, 6.07) is 0.767. The van der Waals surface area contributed by atoms with Crippen LogP contribution in [0.2, 0.25) is 0 Å². The zero-order chi connectivity index (χ0) is 11.5. The zero-order valence-electron chi connectivity index (χ0n) is 8.21. The summed E-state index contributed by atoms with van der Waals surface area (Å²) >= 11 is 0. The molecule has 1 aromatic heterocycles. The number of hydrogen-bond acceptors (Lipinski definition) is 2. The number of hydrogen-bond donors (Lipinski definition) is 0. The molecule has 0 aliphatic rings. The van der Waals surface area contributed by atoms with Crippen LogP contribution in [0.1, 0.15) is 35.9 Å². The van der Waals surface area contributed by atoms with Crippen LogP contribution in [0.3, 0.4) is 0 Å². The molecule has 0 radical (unpaired) electrons. The first-order valence-electron chi connectivity index (χ1n) is 4.59. The monoisotopic (exact) mass is 220 g/mol. The van der Waals surface area contributed by atoms with Gasteiger partial charge in [0.1, 0.15) is 5.69 Å². The van der Waals surface area contributed by atoms with Gasteiger partial charge in [-0.15, -0.1) is 0 Å². The number of unbranched alkanes of at least 4 members (excludes halogenated alkanes) is 1. The minimum absolute atomic E-state index is 0.0317. The lowest BCUT2D eigenvalue weighted by atomic mass is 10.3. The second-order valence-corrected chi connectivity index (χ2v) is 3.15. The van der Waals surface area contributed by atoms with E-state index in [2.05, 4.69) is 5.10 Å². The number of alkyl halides is 3. The van der Waals surface area contributed by atoms with Gasteiger partial charge in [-0.2, -0.15) is 18.3 Å². The first kappa shape index (κ1) is 11.7. The minimum atomic E-state index is -4.49. The first-order chi connectivity index (χ1) is 6.99. The average molecular weight is 220 g/mol. The molecule has 1 aromatic rings. The van der Waals surface area contributed by atoms with Gasteiger partial charge >= 0.3 is 6.18 Å². The number of aldehydes is 1. The summed E-state index contributed by atoms with van der Waals surface area (Å²) in [7, 11) is 0. The molecule has 0 saturated heterocycles. The number of rotatable bonds is 4. The Morgan fingerprint density at radius 1 is 1.53 bits per heavy atom. The molecule has 0 unspecified atom stereocenters. The lowest BCUT2D eigenvalue weighted by Crippen LogP contribution is -2.08. The lowest BCUT2D eigenvalue weighted by Gasteiger charge is -2.02. The van der Waals surface area contributed by atoms with E-state index in [-0.39, 0.29) is 5.69 Å². The van der Waals surface area contributed by atoms with Gasteiger partial charge in [0, 0.05) is 6.54 Å². The third kappa shape index (κ3) is 2.81. The molecule has 0 fully saturated rings. The van der Waals surface area contributed by atoms with Gasteiger partial charge in [-0.1, -0.05) is 13.3 Å². The van der Waals surface area contributed by atoms with Gasteiger partial charge < -0.3 is 0 Å². The quantitative estimate of drug-likeness (QED) is 0.731. The van der Waals surface area contributed by atoms with Gasteiger partial charge in [-0.25, -0.2) is 0 Å². The summed E-state index contributed by atoms with van der Waals surface area (Å²) in [5, 5.41) is 3.35. The molecule has 15 heavy (non-hydrogen) atoms. The number of aryl methyl sites for hydroxylation is 1. The van der Waals surface area contributed by atoms with Crippen molar-refractivity contribution >= 4 is 6.29 Å². The van der Waals surface area contributed by atoms with E-state index in [1.165, 1.54) is 0 Å². The molecule has 1 rings (SSSR count). The van der Waals surface area contributed by atoms with Crippen LogP contribution in [0.25, 0.3) is 0 Å². The van der Waals surface area contributed by atoms with Crippen molar-refractivity contribution in [2.45, 2.75) is 32.5 Å². The Morgan fingerprint density at radius 3 is 2.67 bits per heavy atom. The van der Waals surface area contributed by atoms with Crippen molar-refractivity contribution in [1.82, 2.24) is 9.78 Å². The molecule has 0 bridgehead atoms. The van der Waals surface area contributed by atoms with E-state index in [0.717, 1.165) is 17.2 Å². The Labute approximate surface area is 84.9 Å². The average Bonchev–Trinajstić information content (AvgIpc) is 2.57. The molecular formula is C9H11F3N2O. The summed E-state index contributed by atoms with van der Waals surface area (Å²) < 4.78 is 37.8. The Balaban J connectivity index is 2.95. The Kier molecular flexibility index (Phi) is 3.49. The smallest absolute Gasteiger partial charge is 0.296 e. The van der Waals surface area contributed by atoms with Gasteiger partial charge in [0.2, 0.25) is 0 Å². The SMILES string of the molecule is CCCCn1nc(C(F)(F)F)cc1C=O. The van der Waals surface area contributed by atoms with Crippen LogP contribution in [0.4, 0.5) is 13.2 Å². The number of carbonyl (C=O) groups is 1. The molecule has 0 saturated carbocycles. The highest BCUT2D eigenvalue weighted by atomic mass is 19.4. The Bertz CT molecular complexity index is 344. The maximum absolute atomic E-state index is 12.2. The first-order valence-corrected chi connectivity index (χ1v) is 4.59. The maximum atomic E-state index is 12.2. The number of aromatic nitrogens is 2. The largest absolute Gasteiger partial charge is 0.435 e. The van der Waals surface area contributed by atoms with Crippen LogP contribution in [-0.2, 0) is 12.7 Å². The van der Waals surface area contributed by atoms with Crippen molar-refractivity contribution in [2.75, 3.05) is 0 Å². The second-order valence-electron chi connectivity index (χ2n) is 3.15. The van der Waals surface area contributed by atoms with Crippen molar-refractivity contribution in [3.63, 3.8) is 0 Å². The molecule has 0 amide bonds. The van der Waals surface area contributed by atoms with Gasteiger partial charge in [0.05, 0.1) is 0 Å². The molecule has 0 aromatic carbocycles. The highest BCUT2D eigenvalue weighted by Gasteiger charge is 2.34. The van der Waals surface area contributed by atoms with E-state index in [4.69, 9.17) is 0 Å². The third-order valence-corrected chi connectivity index (χ3v) is 1.95. The second kappa shape index (κ2) is 4.46. The highest BCUT2D eigenvalue weighted by molar-refractivity contribution is 5.72. The maximum Gasteiger partial charge on any atom is 0.435 e. The molecule has 0 aliphatic heterocycles. The van der Waals surface area contributed by atoms with Gasteiger partial charge in [-0.3, -0.25) is 9.48 Å². The Hall–Kier alpha value is -1.33. The van der Waals surface area contributed by atoms with Crippen molar-refractivity contribution in [1.29, 1.82) is 0 Å². The van der Waals surface area contributed by atoms with E-state index in [1.807, 2.05) is 6.92 Å². The fraction of sp³-hybridized carbons (Fsp3) is 0.556. The number of carbonyl (C=O) groups excluding carboxylic acids is 1. The van der Waals surface area contributed by atoms with E-state index in [0.29, 0.717) is 19.3 Å². The lowest BCUT2D eigenvalue weighted by molar-refractivity contribution is -0.141. The normalized spacial score (nSPS) is 11.7. The van der Waals surface area contributed by atoms with Crippen LogP contribution in [0.15, 0.2) is 6.07 Å². The fourth-order valence-corrected chi connectivity index (χ4v) is 1.15. The van der Waals surface area contributed by atoms with Crippen molar-refractivity contribution in [3.05, 3.63) is 17.5 Å². The van der Waals surface area contributed by atoms with Crippen LogP contribution in [0, 0.1) is 0 Å². The van der Waals surface area contributed by atoms with E-state index < -0.39 is 11.9 Å². The third-order valence-electron chi connectivity index (χ3n) is 1.95. The molecule has 0 aliphatic carbocycles. The topological polar surface area (TPSA) is 34.9 Å². The summed E-state index contributed by atoms with van der Waals surface area (Å²) in [4.78, 5) is 10.5. The van der Waals surface area contributed by atoms with E-state index >= 15 is 0 Å². The zero-order valence-corrected chi connectivity index (χ0v) is 8.21. The molecule has 0 atom stereocenters. The van der Waals surface area contributed by atoms with Crippen molar-refractivity contribution in [3.8, 4) is 0 Å². The van der Waals surface area contributed by atoms with Gasteiger partial charge in [0.25, 0.3) is 0 Å². The van der Waals surface area contributed by atoms with Gasteiger partial charge in [-0.05, 0) is 12.5 Å². The molecule has 6 heteroatoms. The number of halogens is 3. The fourth-order valence-electron chi connectivity index (χ4n) is 1.15. The highest BCUT2D eigenvalue weighted by Crippen LogP contribution is 2.28. The number of nitrogens with zero attached hydrogens (tertiary/aromatic N) is 2. The summed E-state index contributed by atoms with van der Waals surface area (Å²) in [5.74, 6) is 0. The molecule has 84 valence electrons. The summed E-state index contributed by atoms with van der Waals surface area (Å²) in [6.07, 6.45) is -2.58. The molecular weight excluding hydrogens is 209 g/mol. The molecule has 0 N–H and O–H groups in total. The van der Waals surface area contributed by atoms with Crippen LogP contribution in [-0.4, -0.2) is 16.1 Å². The van der Waals surface area contributed by atoms with Crippen molar-refractivity contribution in [2.24, 2.45) is 0 Å². The standard InChI is InChI=1S/C9H11F3N2O/c1-2-3-4-14-7(6-15)5-8(13-14)9(10,11)12/h5-6H,2-4H2,1H3. The molecule has 0 spiro atoms. The summed E-state index contributed by atoms with van der Waals surface area (Å²) in [5.41, 5.74) is -1.04. The van der Waals surface area contributed by atoms with Crippen molar-refractivity contribution < 1.29 is 18.0 Å². The predicted molar refractivity (Wildman–Crippen MR) is 47.5 cm³/mol. The van der Waals surface area contributed by atoms with Crippen LogP contribution < -0.4 is 0 Å². The van der Waals surface area contributed by atoms with E-state index in [9.17, 15) is 18.0 Å². The molecule has 3 nitrogen and oxygen atoms in total. The van der Waals surface area contributed by atoms with Gasteiger partial charge in [0.15, 0.2) is 12.0 Å². The molecule has 1 heterocycles. The van der Waals surface area contributed by atoms with Crippen LogP contribution in [0.5, 0.6) is 0 Å². The van der Waals surface area contributed by atoms with E-state index in [1.54, 1.807) is 0 Å². The minimum Gasteiger partial charge on any atom is -0.296 e. The Morgan fingerprint density at radius 2 is 2.20 bits per heavy atom. The predicted octanol–water partition coefficient (Wildman–Crippen LogP) is 2.51. The van der Waals surface area contributed by atoms with Crippen LogP contribution >= 0.6 is 0 Å².